The zero-order valence-corrected chi connectivity index (χ0v) is 12.4. The molecule has 0 saturated carbocycles. The van der Waals surface area contributed by atoms with Crippen LogP contribution in [-0.4, -0.2) is 17.5 Å². The van der Waals surface area contributed by atoms with Crippen molar-refractivity contribution in [2.24, 2.45) is 10.7 Å². The molecule has 0 radical (unpaired) electrons. The van der Waals surface area contributed by atoms with Crippen molar-refractivity contribution in [1.29, 1.82) is 0 Å². The number of aromatic nitrogens is 1. The summed E-state index contributed by atoms with van der Waals surface area (Å²) in [4.78, 5) is 8.73. The molecule has 1 aromatic carbocycles. The maximum absolute atomic E-state index is 5.84. The number of hydrogen-bond acceptors (Lipinski definition) is 2. The Morgan fingerprint density at radius 1 is 1.24 bits per heavy atom. The first-order valence-electron chi connectivity index (χ1n) is 7.33. The largest absolute Gasteiger partial charge is 0.370 e. The van der Waals surface area contributed by atoms with E-state index in [2.05, 4.69) is 40.4 Å². The Labute approximate surface area is 126 Å². The van der Waals surface area contributed by atoms with E-state index >= 15 is 0 Å². The summed E-state index contributed by atoms with van der Waals surface area (Å²) in [6.45, 7) is 3.60. The van der Waals surface area contributed by atoms with Crippen LogP contribution in [0.1, 0.15) is 25.3 Å². The van der Waals surface area contributed by atoms with Crippen molar-refractivity contribution in [3.8, 4) is 11.3 Å². The van der Waals surface area contributed by atoms with Gasteiger partial charge in [-0.25, -0.2) is 4.99 Å². The molecule has 0 saturated heterocycles. The molecular weight excluding hydrogens is 260 g/mol. The monoisotopic (exact) mass is 282 g/mol. The standard InChI is InChI=1S/C17H22N4/c1-2-3-10-20-17(18)21-13-14-7-6-8-15(12-14)16-9-4-5-11-19-16/h4-9,11-12H,2-3,10,13H2,1H3,(H3,18,20,21). The molecule has 1 heterocycles. The Balaban J connectivity index is 2.00. The lowest BCUT2D eigenvalue weighted by Gasteiger charge is -2.06. The van der Waals surface area contributed by atoms with Crippen LogP contribution in [0, 0.1) is 0 Å². The molecule has 4 heteroatoms. The molecule has 0 atom stereocenters. The van der Waals surface area contributed by atoms with E-state index in [1.54, 1.807) is 6.20 Å². The van der Waals surface area contributed by atoms with Gasteiger partial charge in [0.15, 0.2) is 5.96 Å². The Morgan fingerprint density at radius 3 is 2.90 bits per heavy atom. The van der Waals surface area contributed by atoms with Crippen LogP contribution in [0.3, 0.4) is 0 Å². The summed E-state index contributed by atoms with van der Waals surface area (Å²) < 4.78 is 0. The van der Waals surface area contributed by atoms with Crippen molar-refractivity contribution >= 4 is 5.96 Å². The van der Waals surface area contributed by atoms with E-state index < -0.39 is 0 Å². The van der Waals surface area contributed by atoms with Gasteiger partial charge in [0.25, 0.3) is 0 Å². The van der Waals surface area contributed by atoms with Crippen molar-refractivity contribution in [3.63, 3.8) is 0 Å². The van der Waals surface area contributed by atoms with Gasteiger partial charge in [0, 0.05) is 18.3 Å². The molecule has 0 aliphatic rings. The molecule has 110 valence electrons. The third kappa shape index (κ3) is 4.91. The SMILES string of the molecule is CCCCNC(N)=NCc1cccc(-c2ccccn2)c1. The quantitative estimate of drug-likeness (QED) is 0.486. The molecule has 2 rings (SSSR count). The van der Waals surface area contributed by atoms with Gasteiger partial charge in [-0.05, 0) is 30.2 Å². The van der Waals surface area contributed by atoms with E-state index in [4.69, 9.17) is 5.73 Å². The van der Waals surface area contributed by atoms with Crippen LogP contribution in [0.2, 0.25) is 0 Å². The minimum atomic E-state index is 0.506. The third-order valence-electron chi connectivity index (χ3n) is 3.16. The highest BCUT2D eigenvalue weighted by Crippen LogP contribution is 2.18. The maximum Gasteiger partial charge on any atom is 0.188 e. The molecule has 0 amide bonds. The van der Waals surface area contributed by atoms with Crippen molar-refractivity contribution in [1.82, 2.24) is 10.3 Å². The Bertz CT molecular complexity index is 578. The van der Waals surface area contributed by atoms with Crippen molar-refractivity contribution in [2.75, 3.05) is 6.54 Å². The molecule has 0 unspecified atom stereocenters. The molecule has 0 fully saturated rings. The van der Waals surface area contributed by atoms with Crippen molar-refractivity contribution < 1.29 is 0 Å². The number of unbranched alkanes of at least 4 members (excludes halogenated alkanes) is 1. The first-order chi connectivity index (χ1) is 10.3. The summed E-state index contributed by atoms with van der Waals surface area (Å²) in [7, 11) is 0. The minimum absolute atomic E-state index is 0.506. The Morgan fingerprint density at radius 2 is 2.14 bits per heavy atom. The lowest BCUT2D eigenvalue weighted by Crippen LogP contribution is -2.32. The normalized spacial score (nSPS) is 11.4. The van der Waals surface area contributed by atoms with Gasteiger partial charge in [-0.2, -0.15) is 0 Å². The molecule has 0 aliphatic carbocycles. The second-order valence-corrected chi connectivity index (χ2v) is 4.90. The number of hydrogen-bond donors (Lipinski definition) is 2. The predicted octanol–water partition coefficient (Wildman–Crippen LogP) is 2.95. The van der Waals surface area contributed by atoms with Crippen LogP contribution in [-0.2, 0) is 6.54 Å². The summed E-state index contributed by atoms with van der Waals surface area (Å²) in [6.07, 6.45) is 4.05. The average molecular weight is 282 g/mol. The first-order valence-corrected chi connectivity index (χ1v) is 7.33. The zero-order chi connectivity index (χ0) is 14.9. The van der Waals surface area contributed by atoms with Gasteiger partial charge < -0.3 is 11.1 Å². The average Bonchev–Trinajstić information content (AvgIpc) is 2.54. The highest BCUT2D eigenvalue weighted by atomic mass is 15.1. The highest BCUT2D eigenvalue weighted by Gasteiger charge is 2.00. The van der Waals surface area contributed by atoms with Crippen LogP contribution in [0.15, 0.2) is 53.7 Å². The van der Waals surface area contributed by atoms with Crippen LogP contribution >= 0.6 is 0 Å². The van der Waals surface area contributed by atoms with Gasteiger partial charge in [-0.1, -0.05) is 37.6 Å². The van der Waals surface area contributed by atoms with E-state index in [1.807, 2.05) is 24.3 Å². The van der Waals surface area contributed by atoms with E-state index in [1.165, 1.54) is 0 Å². The highest BCUT2D eigenvalue weighted by molar-refractivity contribution is 5.77. The number of nitrogens with one attached hydrogen (secondary N) is 1. The van der Waals surface area contributed by atoms with Gasteiger partial charge in [0.05, 0.1) is 12.2 Å². The predicted molar refractivity (Wildman–Crippen MR) is 87.9 cm³/mol. The lowest BCUT2D eigenvalue weighted by atomic mass is 10.1. The van der Waals surface area contributed by atoms with Crippen LogP contribution in [0.4, 0.5) is 0 Å². The smallest absolute Gasteiger partial charge is 0.188 e. The fraction of sp³-hybridized carbons (Fsp3) is 0.294. The summed E-state index contributed by atoms with van der Waals surface area (Å²) in [6, 6.07) is 14.1. The van der Waals surface area contributed by atoms with E-state index in [0.29, 0.717) is 12.5 Å². The van der Waals surface area contributed by atoms with Gasteiger partial charge in [-0.3, -0.25) is 4.98 Å². The second-order valence-electron chi connectivity index (χ2n) is 4.90. The van der Waals surface area contributed by atoms with Gasteiger partial charge in [0.1, 0.15) is 0 Å². The van der Waals surface area contributed by atoms with Gasteiger partial charge in [0.2, 0.25) is 0 Å². The second kappa shape index (κ2) is 8.04. The van der Waals surface area contributed by atoms with E-state index in [9.17, 15) is 0 Å². The number of aliphatic imine (C=N–C) groups is 1. The summed E-state index contributed by atoms with van der Waals surface area (Å²) in [5.41, 5.74) is 9.03. The van der Waals surface area contributed by atoms with Crippen LogP contribution in [0.5, 0.6) is 0 Å². The fourth-order valence-corrected chi connectivity index (χ4v) is 1.99. The molecule has 0 bridgehead atoms. The topological polar surface area (TPSA) is 63.3 Å². The van der Waals surface area contributed by atoms with Crippen molar-refractivity contribution in [2.45, 2.75) is 26.3 Å². The number of nitrogens with two attached hydrogens (primary N) is 1. The first kappa shape index (κ1) is 15.0. The fourth-order valence-electron chi connectivity index (χ4n) is 1.99. The molecular formula is C17H22N4. The number of guanidine groups is 1. The van der Waals surface area contributed by atoms with Crippen LogP contribution < -0.4 is 11.1 Å². The maximum atomic E-state index is 5.84. The summed E-state index contributed by atoms with van der Waals surface area (Å²) in [5.74, 6) is 0.506. The van der Waals surface area contributed by atoms with E-state index in [0.717, 1.165) is 36.2 Å². The summed E-state index contributed by atoms with van der Waals surface area (Å²) >= 11 is 0. The van der Waals surface area contributed by atoms with Crippen LogP contribution in [0.25, 0.3) is 11.3 Å². The molecule has 0 spiro atoms. The molecule has 3 N–H and O–H groups in total. The molecule has 21 heavy (non-hydrogen) atoms. The number of nitrogens with zero attached hydrogens (tertiary/aromatic N) is 2. The summed E-state index contributed by atoms with van der Waals surface area (Å²) in [5, 5.41) is 3.12. The number of rotatable bonds is 6. The Hall–Kier alpha value is -2.36. The number of pyridine rings is 1. The third-order valence-corrected chi connectivity index (χ3v) is 3.16. The number of benzene rings is 1. The molecule has 2 aromatic rings. The van der Waals surface area contributed by atoms with Gasteiger partial charge in [-0.15, -0.1) is 0 Å². The lowest BCUT2D eigenvalue weighted by molar-refractivity contribution is 0.748. The van der Waals surface area contributed by atoms with Crippen molar-refractivity contribution in [3.05, 3.63) is 54.2 Å². The van der Waals surface area contributed by atoms with Gasteiger partial charge >= 0.3 is 0 Å². The molecule has 1 aromatic heterocycles. The Kier molecular flexibility index (Phi) is 5.76. The zero-order valence-electron chi connectivity index (χ0n) is 12.4. The molecule has 0 aliphatic heterocycles. The van der Waals surface area contributed by atoms with E-state index in [-0.39, 0.29) is 0 Å². The minimum Gasteiger partial charge on any atom is -0.370 e. The molecule has 4 nitrogen and oxygen atoms in total.